The van der Waals surface area contributed by atoms with E-state index in [2.05, 4.69) is 30.2 Å². The number of hydrogen-bond acceptors (Lipinski definition) is 2. The second-order valence-electron chi connectivity index (χ2n) is 5.65. The molecule has 2 nitrogen and oxygen atoms in total. The van der Waals surface area contributed by atoms with E-state index in [0.717, 1.165) is 34.9 Å². The third kappa shape index (κ3) is 4.42. The second kappa shape index (κ2) is 8.35. The lowest BCUT2D eigenvalue weighted by Gasteiger charge is -2.16. The van der Waals surface area contributed by atoms with Gasteiger partial charge in [-0.1, -0.05) is 50.8 Å². The number of halogens is 1. The van der Waals surface area contributed by atoms with Crippen LogP contribution in [0.5, 0.6) is 0 Å². The van der Waals surface area contributed by atoms with Gasteiger partial charge in [-0.3, -0.25) is 4.98 Å². The molecule has 1 heterocycles. The van der Waals surface area contributed by atoms with Crippen molar-refractivity contribution in [1.82, 2.24) is 10.3 Å². The van der Waals surface area contributed by atoms with Crippen LogP contribution >= 0.6 is 11.6 Å². The molecular formula is C18H25ClN2. The molecular weight excluding hydrogens is 280 g/mol. The molecule has 0 amide bonds. The Bertz CT molecular complexity index is 568. The van der Waals surface area contributed by atoms with Gasteiger partial charge in [-0.15, -0.1) is 0 Å². The molecule has 0 spiro atoms. The molecule has 0 bridgehead atoms. The molecule has 0 saturated heterocycles. The van der Waals surface area contributed by atoms with Crippen LogP contribution in [-0.2, 0) is 6.54 Å². The summed E-state index contributed by atoms with van der Waals surface area (Å²) in [6.07, 6.45) is 7.00. The number of fused-ring (bicyclic) bond motifs is 1. The van der Waals surface area contributed by atoms with Crippen LogP contribution in [0.2, 0.25) is 5.02 Å². The Morgan fingerprint density at radius 1 is 1.24 bits per heavy atom. The van der Waals surface area contributed by atoms with Crippen LogP contribution in [-0.4, -0.2) is 11.5 Å². The molecule has 2 rings (SSSR count). The number of nitrogens with zero attached hydrogens (tertiary/aromatic N) is 1. The molecule has 0 aliphatic heterocycles. The Labute approximate surface area is 132 Å². The van der Waals surface area contributed by atoms with Gasteiger partial charge in [0.1, 0.15) is 0 Å². The number of pyridine rings is 1. The smallest absolute Gasteiger partial charge is 0.0761 e. The Balaban J connectivity index is 1.99. The van der Waals surface area contributed by atoms with Crippen molar-refractivity contribution in [3.8, 4) is 0 Å². The lowest BCUT2D eigenvalue weighted by molar-refractivity contribution is 0.419. The fourth-order valence-corrected chi connectivity index (χ4v) is 2.91. The van der Waals surface area contributed by atoms with E-state index in [4.69, 9.17) is 11.6 Å². The summed E-state index contributed by atoms with van der Waals surface area (Å²) in [5.41, 5.74) is 2.24. The molecule has 0 aliphatic carbocycles. The largest absolute Gasteiger partial charge is 0.312 e. The summed E-state index contributed by atoms with van der Waals surface area (Å²) in [7, 11) is 0. The predicted molar refractivity (Wildman–Crippen MR) is 91.8 cm³/mol. The molecule has 114 valence electrons. The third-order valence-electron chi connectivity index (χ3n) is 4.09. The van der Waals surface area contributed by atoms with Crippen molar-refractivity contribution < 1.29 is 0 Å². The maximum atomic E-state index is 6.23. The number of nitrogens with one attached hydrogen (secondary N) is 1. The van der Waals surface area contributed by atoms with Crippen molar-refractivity contribution >= 4 is 22.5 Å². The summed E-state index contributed by atoms with van der Waals surface area (Å²) < 4.78 is 0. The maximum absolute atomic E-state index is 6.23. The van der Waals surface area contributed by atoms with Gasteiger partial charge in [0.05, 0.1) is 5.52 Å². The average Bonchev–Trinajstić information content (AvgIpc) is 2.53. The Morgan fingerprint density at radius 3 is 2.86 bits per heavy atom. The highest BCUT2D eigenvalue weighted by atomic mass is 35.5. The summed E-state index contributed by atoms with van der Waals surface area (Å²) in [6, 6.07) is 8.02. The van der Waals surface area contributed by atoms with Gasteiger partial charge in [0.25, 0.3) is 0 Å². The number of hydrogen-bond donors (Lipinski definition) is 1. The highest BCUT2D eigenvalue weighted by Gasteiger charge is 2.08. The molecule has 1 aromatic heterocycles. The predicted octanol–water partition coefficient (Wildman–Crippen LogP) is 5.19. The van der Waals surface area contributed by atoms with E-state index in [1.54, 1.807) is 0 Å². The molecule has 1 unspecified atom stereocenters. The lowest BCUT2D eigenvalue weighted by atomic mass is 9.99. The number of benzene rings is 1. The van der Waals surface area contributed by atoms with Crippen molar-refractivity contribution in [2.75, 3.05) is 6.54 Å². The van der Waals surface area contributed by atoms with E-state index in [1.165, 1.54) is 31.2 Å². The molecule has 2 aromatic rings. The summed E-state index contributed by atoms with van der Waals surface area (Å²) in [4.78, 5) is 4.49. The van der Waals surface area contributed by atoms with Gasteiger partial charge in [-0.25, -0.2) is 0 Å². The fourth-order valence-electron chi connectivity index (χ4n) is 2.69. The van der Waals surface area contributed by atoms with Gasteiger partial charge < -0.3 is 5.32 Å². The highest BCUT2D eigenvalue weighted by Crippen LogP contribution is 2.24. The minimum absolute atomic E-state index is 0.774. The first-order valence-corrected chi connectivity index (χ1v) is 8.36. The van der Waals surface area contributed by atoms with Crippen LogP contribution in [0.3, 0.4) is 0 Å². The fraction of sp³-hybridized carbons (Fsp3) is 0.500. The van der Waals surface area contributed by atoms with E-state index in [9.17, 15) is 0 Å². The molecule has 0 aliphatic rings. The second-order valence-corrected chi connectivity index (χ2v) is 6.06. The molecule has 1 atom stereocenters. The van der Waals surface area contributed by atoms with E-state index >= 15 is 0 Å². The summed E-state index contributed by atoms with van der Waals surface area (Å²) >= 11 is 6.23. The van der Waals surface area contributed by atoms with E-state index in [1.807, 2.05) is 24.4 Å². The quantitative estimate of drug-likeness (QED) is 0.725. The molecule has 0 saturated carbocycles. The first-order chi connectivity index (χ1) is 10.3. The minimum atomic E-state index is 0.774. The van der Waals surface area contributed by atoms with Crippen LogP contribution in [0.15, 0.2) is 30.5 Å². The zero-order valence-corrected chi connectivity index (χ0v) is 13.8. The van der Waals surface area contributed by atoms with Crippen molar-refractivity contribution in [3.63, 3.8) is 0 Å². The first-order valence-electron chi connectivity index (χ1n) is 7.99. The average molecular weight is 305 g/mol. The van der Waals surface area contributed by atoms with Crippen LogP contribution in [0.4, 0.5) is 0 Å². The Hall–Kier alpha value is -1.12. The monoisotopic (exact) mass is 304 g/mol. The summed E-state index contributed by atoms with van der Waals surface area (Å²) in [6.45, 7) is 6.47. The highest BCUT2D eigenvalue weighted by molar-refractivity contribution is 6.35. The van der Waals surface area contributed by atoms with Gasteiger partial charge in [0.2, 0.25) is 0 Å². The summed E-state index contributed by atoms with van der Waals surface area (Å²) in [5.74, 6) is 0.775. The Morgan fingerprint density at radius 2 is 2.10 bits per heavy atom. The summed E-state index contributed by atoms with van der Waals surface area (Å²) in [5, 5.41) is 5.40. The minimum Gasteiger partial charge on any atom is -0.312 e. The van der Waals surface area contributed by atoms with Gasteiger partial charge in [-0.2, -0.15) is 0 Å². The number of unbranched alkanes of at least 4 members (excludes halogenated alkanes) is 1. The molecule has 1 aromatic carbocycles. The molecule has 1 N–H and O–H groups in total. The van der Waals surface area contributed by atoms with Crippen molar-refractivity contribution in [3.05, 3.63) is 41.0 Å². The van der Waals surface area contributed by atoms with E-state index in [-0.39, 0.29) is 0 Å². The van der Waals surface area contributed by atoms with Crippen molar-refractivity contribution in [2.45, 2.75) is 46.1 Å². The SMILES string of the molecule is CCCCC(CC)CNCc1ccc(Cl)c2cccnc12. The van der Waals surface area contributed by atoms with Crippen LogP contribution in [0.1, 0.15) is 45.1 Å². The van der Waals surface area contributed by atoms with Gasteiger partial charge in [0.15, 0.2) is 0 Å². The third-order valence-corrected chi connectivity index (χ3v) is 4.42. The van der Waals surface area contributed by atoms with Crippen LogP contribution in [0, 0.1) is 5.92 Å². The molecule has 0 radical (unpaired) electrons. The lowest BCUT2D eigenvalue weighted by Crippen LogP contribution is -2.22. The molecule has 0 fully saturated rings. The number of rotatable bonds is 8. The number of aromatic nitrogens is 1. The molecule has 3 heteroatoms. The topological polar surface area (TPSA) is 24.9 Å². The molecule has 21 heavy (non-hydrogen) atoms. The van der Waals surface area contributed by atoms with Gasteiger partial charge in [-0.05, 0) is 42.6 Å². The van der Waals surface area contributed by atoms with Crippen molar-refractivity contribution in [2.24, 2.45) is 5.92 Å². The van der Waals surface area contributed by atoms with Crippen molar-refractivity contribution in [1.29, 1.82) is 0 Å². The van der Waals surface area contributed by atoms with Gasteiger partial charge in [0, 0.05) is 23.2 Å². The normalized spacial score (nSPS) is 12.7. The van der Waals surface area contributed by atoms with Gasteiger partial charge >= 0.3 is 0 Å². The Kier molecular flexibility index (Phi) is 6.47. The standard InChI is InChI=1S/C18H25ClN2/c1-3-5-7-14(4-2)12-20-13-15-9-10-17(19)16-8-6-11-21-18(15)16/h6,8-11,14,20H,3-5,7,12-13H2,1-2H3. The first kappa shape index (κ1) is 16.3. The maximum Gasteiger partial charge on any atom is 0.0761 e. The van der Waals surface area contributed by atoms with E-state index < -0.39 is 0 Å². The zero-order valence-electron chi connectivity index (χ0n) is 13.0. The van der Waals surface area contributed by atoms with Crippen LogP contribution < -0.4 is 5.32 Å². The van der Waals surface area contributed by atoms with E-state index in [0.29, 0.717) is 0 Å². The zero-order chi connectivity index (χ0) is 15.1. The van der Waals surface area contributed by atoms with Crippen LogP contribution in [0.25, 0.3) is 10.9 Å².